The lowest BCUT2D eigenvalue weighted by Gasteiger charge is -2.37. The predicted octanol–water partition coefficient (Wildman–Crippen LogP) is 2.56. The van der Waals surface area contributed by atoms with E-state index in [4.69, 9.17) is 0 Å². The van der Waals surface area contributed by atoms with Crippen LogP contribution >= 0.6 is 0 Å². The molecule has 1 unspecified atom stereocenters. The normalized spacial score (nSPS) is 21.9. The molecule has 104 valence electrons. The van der Waals surface area contributed by atoms with Crippen LogP contribution in [-0.2, 0) is 5.66 Å². The highest BCUT2D eigenvalue weighted by Gasteiger charge is 2.58. The quantitative estimate of drug-likeness (QED) is 0.889. The molecule has 0 spiro atoms. The average Bonchev–Trinajstić information content (AvgIpc) is 2.35. The minimum absolute atomic E-state index is 0.0402. The van der Waals surface area contributed by atoms with E-state index in [0.29, 0.717) is 17.8 Å². The van der Waals surface area contributed by atoms with Gasteiger partial charge >= 0.3 is 6.18 Å². The number of hydrogen-bond donors (Lipinski definition) is 2. The maximum atomic E-state index is 13.5. The Morgan fingerprint density at radius 1 is 1.42 bits per heavy atom. The van der Waals surface area contributed by atoms with Crippen LogP contribution in [-0.4, -0.2) is 24.0 Å². The van der Waals surface area contributed by atoms with Crippen LogP contribution in [0.2, 0.25) is 0 Å². The Bertz CT molecular complexity index is 498. The maximum Gasteiger partial charge on any atom is 0.431 e. The van der Waals surface area contributed by atoms with Crippen molar-refractivity contribution >= 4 is 12.0 Å². The SMILES string of the molecule is CCCNC1(C(F)(F)F)N=CNc2ccnc(C)c21. The number of nitrogens with zero attached hydrogens (tertiary/aromatic N) is 2. The van der Waals surface area contributed by atoms with Gasteiger partial charge in [-0.15, -0.1) is 0 Å². The van der Waals surface area contributed by atoms with E-state index >= 15 is 0 Å². The van der Waals surface area contributed by atoms with Crippen LogP contribution in [0.25, 0.3) is 0 Å². The summed E-state index contributed by atoms with van der Waals surface area (Å²) in [6.07, 6.45) is -1.40. The van der Waals surface area contributed by atoms with E-state index in [0.717, 1.165) is 6.34 Å². The summed E-state index contributed by atoms with van der Waals surface area (Å²) < 4.78 is 40.6. The fourth-order valence-electron chi connectivity index (χ4n) is 2.16. The van der Waals surface area contributed by atoms with E-state index < -0.39 is 11.8 Å². The number of nitrogens with one attached hydrogen (secondary N) is 2. The molecule has 4 nitrogen and oxygen atoms in total. The minimum atomic E-state index is -4.54. The molecular weight excluding hydrogens is 257 g/mol. The van der Waals surface area contributed by atoms with E-state index in [1.807, 2.05) is 0 Å². The smallest absolute Gasteiger partial charge is 0.346 e. The Hall–Kier alpha value is -1.63. The van der Waals surface area contributed by atoms with E-state index in [1.54, 1.807) is 13.8 Å². The van der Waals surface area contributed by atoms with Gasteiger partial charge in [0.2, 0.25) is 5.66 Å². The van der Waals surface area contributed by atoms with Gasteiger partial charge in [0.1, 0.15) is 0 Å². The monoisotopic (exact) mass is 272 g/mol. The van der Waals surface area contributed by atoms with Crippen LogP contribution in [0.4, 0.5) is 18.9 Å². The van der Waals surface area contributed by atoms with Gasteiger partial charge in [0.25, 0.3) is 0 Å². The number of hydrogen-bond acceptors (Lipinski definition) is 4. The molecule has 7 heteroatoms. The lowest BCUT2D eigenvalue weighted by Crippen LogP contribution is -2.55. The molecule has 0 aromatic carbocycles. The average molecular weight is 272 g/mol. The zero-order valence-electron chi connectivity index (χ0n) is 10.7. The number of fused-ring (bicyclic) bond motifs is 1. The Labute approximate surface area is 109 Å². The summed E-state index contributed by atoms with van der Waals surface area (Å²) in [7, 11) is 0. The first-order valence-corrected chi connectivity index (χ1v) is 6.00. The zero-order chi connectivity index (χ0) is 14.1. The summed E-state index contributed by atoms with van der Waals surface area (Å²) in [6, 6.07) is 1.52. The molecule has 0 saturated heterocycles. The largest absolute Gasteiger partial charge is 0.431 e. The Morgan fingerprint density at radius 3 is 2.79 bits per heavy atom. The number of anilines is 1. The van der Waals surface area contributed by atoms with Crippen molar-refractivity contribution in [3.8, 4) is 0 Å². The molecule has 2 rings (SSSR count). The number of halogens is 3. The number of pyridine rings is 1. The third-order valence-corrected chi connectivity index (χ3v) is 3.02. The van der Waals surface area contributed by atoms with Crippen LogP contribution < -0.4 is 10.6 Å². The molecule has 0 fully saturated rings. The van der Waals surface area contributed by atoms with Crippen LogP contribution in [0.5, 0.6) is 0 Å². The van der Waals surface area contributed by atoms with Gasteiger partial charge in [0, 0.05) is 23.1 Å². The van der Waals surface area contributed by atoms with Crippen LogP contribution in [0.1, 0.15) is 24.6 Å². The van der Waals surface area contributed by atoms with Crippen molar-refractivity contribution in [3.63, 3.8) is 0 Å². The molecule has 1 aromatic heterocycles. The molecule has 19 heavy (non-hydrogen) atoms. The summed E-state index contributed by atoms with van der Waals surface area (Å²) in [6.45, 7) is 3.57. The van der Waals surface area contributed by atoms with E-state index in [9.17, 15) is 13.2 Å². The third-order valence-electron chi connectivity index (χ3n) is 3.02. The van der Waals surface area contributed by atoms with E-state index in [2.05, 4.69) is 20.6 Å². The molecule has 2 heterocycles. The number of alkyl halides is 3. The molecule has 2 N–H and O–H groups in total. The molecule has 1 aliphatic rings. The molecule has 0 aliphatic carbocycles. The molecule has 1 aliphatic heterocycles. The van der Waals surface area contributed by atoms with Gasteiger partial charge in [-0.2, -0.15) is 13.2 Å². The molecule has 0 bridgehead atoms. The second-order valence-corrected chi connectivity index (χ2v) is 4.36. The molecule has 0 radical (unpaired) electrons. The highest BCUT2D eigenvalue weighted by Crippen LogP contribution is 2.45. The van der Waals surface area contributed by atoms with Crippen molar-refractivity contribution in [1.82, 2.24) is 10.3 Å². The van der Waals surface area contributed by atoms with Gasteiger partial charge < -0.3 is 5.32 Å². The van der Waals surface area contributed by atoms with Gasteiger partial charge in [-0.1, -0.05) is 6.92 Å². The highest BCUT2D eigenvalue weighted by atomic mass is 19.4. The first-order chi connectivity index (χ1) is 8.92. The van der Waals surface area contributed by atoms with Gasteiger partial charge in [-0.25, -0.2) is 4.99 Å². The summed E-state index contributed by atoms with van der Waals surface area (Å²) in [5, 5.41) is 5.25. The Morgan fingerprint density at radius 2 is 2.16 bits per heavy atom. The second-order valence-electron chi connectivity index (χ2n) is 4.36. The first-order valence-electron chi connectivity index (χ1n) is 6.00. The maximum absolute atomic E-state index is 13.5. The molecule has 0 amide bonds. The van der Waals surface area contributed by atoms with Gasteiger partial charge in [-0.05, 0) is 26.0 Å². The predicted molar refractivity (Wildman–Crippen MR) is 67.1 cm³/mol. The van der Waals surface area contributed by atoms with Crippen molar-refractivity contribution in [1.29, 1.82) is 0 Å². The molecule has 1 aromatic rings. The van der Waals surface area contributed by atoms with E-state index in [-0.39, 0.29) is 12.1 Å². The number of aromatic nitrogens is 1. The van der Waals surface area contributed by atoms with Gasteiger partial charge in [0.15, 0.2) is 0 Å². The van der Waals surface area contributed by atoms with Crippen molar-refractivity contribution in [2.45, 2.75) is 32.1 Å². The number of rotatable bonds is 3. The number of aliphatic imine (C=N–C) groups is 1. The third kappa shape index (κ3) is 2.18. The summed E-state index contributed by atoms with van der Waals surface area (Å²) in [5.74, 6) is 0. The molecular formula is C12H15F3N4. The Kier molecular flexibility index (Phi) is 3.49. The van der Waals surface area contributed by atoms with Crippen LogP contribution in [0, 0.1) is 6.92 Å². The van der Waals surface area contributed by atoms with Crippen molar-refractivity contribution in [2.75, 3.05) is 11.9 Å². The van der Waals surface area contributed by atoms with Gasteiger partial charge in [-0.3, -0.25) is 10.3 Å². The molecule has 1 atom stereocenters. The fraction of sp³-hybridized carbons (Fsp3) is 0.500. The summed E-state index contributed by atoms with van der Waals surface area (Å²) in [4.78, 5) is 7.62. The molecule has 0 saturated carbocycles. The van der Waals surface area contributed by atoms with Crippen molar-refractivity contribution in [2.24, 2.45) is 4.99 Å². The first kappa shape index (κ1) is 13.8. The minimum Gasteiger partial charge on any atom is -0.346 e. The van der Waals surface area contributed by atoms with E-state index in [1.165, 1.54) is 12.3 Å². The summed E-state index contributed by atoms with van der Waals surface area (Å²) >= 11 is 0. The van der Waals surface area contributed by atoms with Crippen molar-refractivity contribution < 1.29 is 13.2 Å². The topological polar surface area (TPSA) is 49.3 Å². The van der Waals surface area contributed by atoms with Crippen LogP contribution in [0.15, 0.2) is 17.3 Å². The van der Waals surface area contributed by atoms with Crippen molar-refractivity contribution in [3.05, 3.63) is 23.5 Å². The zero-order valence-corrected chi connectivity index (χ0v) is 10.7. The second kappa shape index (κ2) is 4.80. The van der Waals surface area contributed by atoms with Crippen LogP contribution in [0.3, 0.4) is 0 Å². The lowest BCUT2D eigenvalue weighted by molar-refractivity contribution is -0.198. The Balaban J connectivity index is 2.62. The summed E-state index contributed by atoms with van der Waals surface area (Å²) in [5.41, 5.74) is -1.69. The van der Waals surface area contributed by atoms with Gasteiger partial charge in [0.05, 0.1) is 6.34 Å². The lowest BCUT2D eigenvalue weighted by atomic mass is 9.94. The number of aryl methyl sites for hydroxylation is 1. The fourth-order valence-corrected chi connectivity index (χ4v) is 2.16. The standard InChI is InChI=1S/C12H15F3N4/c1-3-5-18-11(12(13,14)15)10-8(2)16-6-4-9(10)17-7-19-11/h4,6-7,18H,3,5H2,1-2H3,(H,17,19). The highest BCUT2D eigenvalue weighted by molar-refractivity contribution is 5.81.